The van der Waals surface area contributed by atoms with E-state index >= 15 is 0 Å². The number of carbonyl (C=O) groups excluding carboxylic acids is 2. The van der Waals surface area contributed by atoms with Gasteiger partial charge in [-0.3, -0.25) is 9.59 Å². The standard InChI is InChI=1S/C16H18N2O3S/c1-11-4-2-5-12(10-11)18-16(21)15(20)17-8-7-13(19)14-6-3-9-22-14/h2-6,9-10,13,19H,7-8H2,1H3,(H,17,20)(H,18,21). The lowest BCUT2D eigenvalue weighted by Gasteiger charge is -2.10. The number of amides is 2. The third-order valence-electron chi connectivity index (χ3n) is 3.06. The number of rotatable bonds is 5. The van der Waals surface area contributed by atoms with Crippen molar-refractivity contribution in [1.82, 2.24) is 5.32 Å². The van der Waals surface area contributed by atoms with Gasteiger partial charge in [0.1, 0.15) is 0 Å². The quantitative estimate of drug-likeness (QED) is 0.740. The molecule has 1 atom stereocenters. The highest BCUT2D eigenvalue weighted by molar-refractivity contribution is 7.10. The van der Waals surface area contributed by atoms with E-state index in [4.69, 9.17) is 0 Å². The van der Waals surface area contributed by atoms with Crippen molar-refractivity contribution in [3.63, 3.8) is 0 Å². The van der Waals surface area contributed by atoms with Gasteiger partial charge in [0, 0.05) is 17.1 Å². The van der Waals surface area contributed by atoms with Gasteiger partial charge >= 0.3 is 11.8 Å². The van der Waals surface area contributed by atoms with Crippen LogP contribution < -0.4 is 10.6 Å². The zero-order valence-corrected chi connectivity index (χ0v) is 13.0. The van der Waals surface area contributed by atoms with E-state index in [0.29, 0.717) is 12.1 Å². The maximum atomic E-state index is 11.7. The van der Waals surface area contributed by atoms with Gasteiger partial charge in [0.25, 0.3) is 0 Å². The summed E-state index contributed by atoms with van der Waals surface area (Å²) in [5.41, 5.74) is 1.58. The van der Waals surface area contributed by atoms with Gasteiger partial charge in [-0.1, -0.05) is 18.2 Å². The molecule has 116 valence electrons. The van der Waals surface area contributed by atoms with Gasteiger partial charge in [-0.2, -0.15) is 0 Å². The SMILES string of the molecule is Cc1cccc(NC(=O)C(=O)NCCC(O)c2cccs2)c1. The summed E-state index contributed by atoms with van der Waals surface area (Å²) in [6.07, 6.45) is -0.260. The first kappa shape index (κ1) is 16.2. The predicted octanol–water partition coefficient (Wildman–Crippen LogP) is 2.23. The molecule has 0 aliphatic carbocycles. The largest absolute Gasteiger partial charge is 0.388 e. The number of aryl methyl sites for hydroxylation is 1. The summed E-state index contributed by atoms with van der Waals surface area (Å²) in [5.74, 6) is -1.42. The molecule has 2 rings (SSSR count). The molecule has 1 unspecified atom stereocenters. The van der Waals surface area contributed by atoms with E-state index in [0.717, 1.165) is 10.4 Å². The zero-order valence-electron chi connectivity index (χ0n) is 12.2. The van der Waals surface area contributed by atoms with Crippen molar-refractivity contribution in [1.29, 1.82) is 0 Å². The molecule has 3 N–H and O–H groups in total. The molecule has 2 amide bonds. The topological polar surface area (TPSA) is 78.4 Å². The Kier molecular flexibility index (Phi) is 5.68. The number of aliphatic hydroxyl groups is 1. The summed E-state index contributed by atoms with van der Waals surface area (Å²) in [4.78, 5) is 24.3. The minimum absolute atomic E-state index is 0.235. The number of thiophene rings is 1. The Hall–Kier alpha value is -2.18. The molecule has 1 heterocycles. The van der Waals surface area contributed by atoms with Gasteiger partial charge in [0.05, 0.1) is 6.10 Å². The Morgan fingerprint density at radius 1 is 1.23 bits per heavy atom. The highest BCUT2D eigenvalue weighted by Gasteiger charge is 2.14. The van der Waals surface area contributed by atoms with Crippen LogP contribution in [0.15, 0.2) is 41.8 Å². The predicted molar refractivity (Wildman–Crippen MR) is 86.7 cm³/mol. The van der Waals surface area contributed by atoms with Crippen molar-refractivity contribution in [3.8, 4) is 0 Å². The zero-order chi connectivity index (χ0) is 15.9. The number of carbonyl (C=O) groups is 2. The second-order valence-electron chi connectivity index (χ2n) is 4.90. The maximum Gasteiger partial charge on any atom is 0.313 e. The fraction of sp³-hybridized carbons (Fsp3) is 0.250. The van der Waals surface area contributed by atoms with Crippen molar-refractivity contribution >= 4 is 28.8 Å². The fourth-order valence-electron chi connectivity index (χ4n) is 1.94. The first-order chi connectivity index (χ1) is 10.6. The van der Waals surface area contributed by atoms with Crippen LogP contribution in [0.1, 0.15) is 23.0 Å². The Morgan fingerprint density at radius 2 is 2.05 bits per heavy atom. The van der Waals surface area contributed by atoms with Crippen molar-refractivity contribution in [2.24, 2.45) is 0 Å². The number of benzene rings is 1. The monoisotopic (exact) mass is 318 g/mol. The number of hydrogen-bond donors (Lipinski definition) is 3. The first-order valence-corrected chi connectivity index (χ1v) is 7.81. The lowest BCUT2D eigenvalue weighted by molar-refractivity contribution is -0.136. The summed E-state index contributed by atoms with van der Waals surface area (Å²) in [6.45, 7) is 2.14. The van der Waals surface area contributed by atoms with E-state index in [1.165, 1.54) is 11.3 Å². The van der Waals surface area contributed by atoms with Gasteiger partial charge < -0.3 is 15.7 Å². The van der Waals surface area contributed by atoms with Gasteiger partial charge in [0.2, 0.25) is 0 Å². The van der Waals surface area contributed by atoms with Gasteiger partial charge in [-0.05, 0) is 42.5 Å². The van der Waals surface area contributed by atoms with Crippen LogP contribution in [0.2, 0.25) is 0 Å². The van der Waals surface area contributed by atoms with Crippen LogP contribution in [0, 0.1) is 6.92 Å². The van der Waals surface area contributed by atoms with Crippen LogP contribution in [-0.2, 0) is 9.59 Å². The minimum Gasteiger partial charge on any atom is -0.388 e. The van der Waals surface area contributed by atoms with E-state index in [-0.39, 0.29) is 6.54 Å². The highest BCUT2D eigenvalue weighted by atomic mass is 32.1. The summed E-state index contributed by atoms with van der Waals surface area (Å²) in [6, 6.07) is 10.9. The average molecular weight is 318 g/mol. The minimum atomic E-state index is -0.712. The molecule has 0 spiro atoms. The summed E-state index contributed by atoms with van der Waals surface area (Å²) in [5, 5.41) is 16.8. The molecule has 0 radical (unpaired) electrons. The molecule has 2 aromatic rings. The molecular formula is C16H18N2O3S. The molecule has 0 bridgehead atoms. The Labute approximate surface area is 133 Å². The van der Waals surface area contributed by atoms with Crippen molar-refractivity contribution in [2.45, 2.75) is 19.4 Å². The molecule has 6 heteroatoms. The van der Waals surface area contributed by atoms with E-state index in [9.17, 15) is 14.7 Å². The van der Waals surface area contributed by atoms with Crippen molar-refractivity contribution in [2.75, 3.05) is 11.9 Å². The van der Waals surface area contributed by atoms with Crippen LogP contribution >= 0.6 is 11.3 Å². The van der Waals surface area contributed by atoms with Crippen LogP contribution in [0.3, 0.4) is 0 Å². The van der Waals surface area contributed by atoms with E-state index in [1.807, 2.05) is 30.5 Å². The molecule has 5 nitrogen and oxygen atoms in total. The van der Waals surface area contributed by atoms with Gasteiger partial charge in [-0.25, -0.2) is 0 Å². The van der Waals surface area contributed by atoms with Crippen LogP contribution in [0.25, 0.3) is 0 Å². The molecule has 1 aromatic carbocycles. The summed E-state index contributed by atoms with van der Waals surface area (Å²) >= 11 is 1.46. The van der Waals surface area contributed by atoms with E-state index < -0.39 is 17.9 Å². The molecule has 0 aliphatic rings. The van der Waals surface area contributed by atoms with Crippen molar-refractivity contribution in [3.05, 3.63) is 52.2 Å². The Bertz CT molecular complexity index is 641. The van der Waals surface area contributed by atoms with Gasteiger partial charge in [-0.15, -0.1) is 11.3 Å². The average Bonchev–Trinajstić information content (AvgIpc) is 3.01. The number of aliphatic hydroxyl groups excluding tert-OH is 1. The number of nitrogens with one attached hydrogen (secondary N) is 2. The van der Waals surface area contributed by atoms with E-state index in [2.05, 4.69) is 10.6 Å². The van der Waals surface area contributed by atoms with Crippen LogP contribution in [0.4, 0.5) is 5.69 Å². The maximum absolute atomic E-state index is 11.7. The van der Waals surface area contributed by atoms with Crippen LogP contribution in [-0.4, -0.2) is 23.5 Å². The third kappa shape index (κ3) is 4.68. The lowest BCUT2D eigenvalue weighted by Crippen LogP contribution is -2.36. The van der Waals surface area contributed by atoms with E-state index in [1.54, 1.807) is 18.2 Å². The summed E-state index contributed by atoms with van der Waals surface area (Å²) in [7, 11) is 0. The van der Waals surface area contributed by atoms with Gasteiger partial charge in [0.15, 0.2) is 0 Å². The Morgan fingerprint density at radius 3 is 2.73 bits per heavy atom. The molecule has 0 saturated heterocycles. The molecule has 0 aliphatic heterocycles. The number of hydrogen-bond acceptors (Lipinski definition) is 4. The normalized spacial score (nSPS) is 11.7. The molecule has 0 fully saturated rings. The van der Waals surface area contributed by atoms with Crippen molar-refractivity contribution < 1.29 is 14.7 Å². The first-order valence-electron chi connectivity index (χ1n) is 6.93. The molecule has 1 aromatic heterocycles. The second kappa shape index (κ2) is 7.72. The molecule has 0 saturated carbocycles. The second-order valence-corrected chi connectivity index (χ2v) is 5.88. The summed E-state index contributed by atoms with van der Waals surface area (Å²) < 4.78 is 0. The molecule has 22 heavy (non-hydrogen) atoms. The fourth-order valence-corrected chi connectivity index (χ4v) is 2.68. The molecular weight excluding hydrogens is 300 g/mol. The third-order valence-corrected chi connectivity index (χ3v) is 4.03. The lowest BCUT2D eigenvalue weighted by atomic mass is 10.2. The Balaban J connectivity index is 1.76. The highest BCUT2D eigenvalue weighted by Crippen LogP contribution is 2.20. The van der Waals surface area contributed by atoms with Crippen LogP contribution in [0.5, 0.6) is 0 Å². The smallest absolute Gasteiger partial charge is 0.313 e. The number of anilines is 1.